The lowest BCUT2D eigenvalue weighted by Gasteiger charge is -2.25. The third kappa shape index (κ3) is 5.17. The fraction of sp³-hybridized carbons (Fsp3) is 0.147. The Morgan fingerprint density at radius 3 is 2.28 bits per heavy atom. The van der Waals surface area contributed by atoms with Crippen LogP contribution in [0.5, 0.6) is 0 Å². The van der Waals surface area contributed by atoms with Crippen molar-refractivity contribution in [3.05, 3.63) is 150 Å². The van der Waals surface area contributed by atoms with Crippen LogP contribution in [0, 0.1) is 25.5 Å². The van der Waals surface area contributed by atoms with Crippen LogP contribution in [0.25, 0.3) is 17.5 Å². The van der Waals surface area contributed by atoms with Gasteiger partial charge >= 0.3 is 5.97 Å². The molecule has 3 heterocycles. The molecule has 0 fully saturated rings. The van der Waals surface area contributed by atoms with Crippen LogP contribution in [0.3, 0.4) is 0 Å². The Kier molecular flexibility index (Phi) is 7.50. The van der Waals surface area contributed by atoms with Crippen molar-refractivity contribution in [1.82, 2.24) is 9.13 Å². The maximum Gasteiger partial charge on any atom is 0.338 e. The fourth-order valence-corrected chi connectivity index (χ4v) is 6.46. The van der Waals surface area contributed by atoms with Gasteiger partial charge in [-0.25, -0.2) is 18.6 Å². The molecule has 0 saturated heterocycles. The third-order valence-electron chi connectivity index (χ3n) is 7.40. The average Bonchev–Trinajstić information content (AvgIpc) is 3.47. The van der Waals surface area contributed by atoms with Crippen LogP contribution in [-0.4, -0.2) is 21.7 Å². The van der Waals surface area contributed by atoms with Gasteiger partial charge in [0.1, 0.15) is 11.6 Å². The van der Waals surface area contributed by atoms with E-state index in [1.165, 1.54) is 40.2 Å². The summed E-state index contributed by atoms with van der Waals surface area (Å²) in [5.74, 6) is -1.35. The molecule has 0 unspecified atom stereocenters. The lowest BCUT2D eigenvalue weighted by molar-refractivity contribution is -0.138. The van der Waals surface area contributed by atoms with E-state index >= 15 is 0 Å². The molecule has 0 aliphatic carbocycles. The zero-order chi connectivity index (χ0) is 30.2. The Morgan fingerprint density at radius 1 is 0.977 bits per heavy atom. The van der Waals surface area contributed by atoms with E-state index in [1.807, 2.05) is 60.9 Å². The van der Waals surface area contributed by atoms with Gasteiger partial charge in [-0.2, -0.15) is 0 Å². The van der Waals surface area contributed by atoms with E-state index in [-0.39, 0.29) is 23.6 Å². The van der Waals surface area contributed by atoms with Crippen molar-refractivity contribution in [3.63, 3.8) is 0 Å². The molecule has 0 spiro atoms. The zero-order valence-corrected chi connectivity index (χ0v) is 24.5. The Hall–Kier alpha value is -4.89. The first-order valence-corrected chi connectivity index (χ1v) is 14.6. The van der Waals surface area contributed by atoms with E-state index < -0.39 is 17.8 Å². The second kappa shape index (κ2) is 11.4. The van der Waals surface area contributed by atoms with Crippen molar-refractivity contribution < 1.29 is 18.3 Å². The molecule has 9 heteroatoms. The number of carbonyl (C=O) groups is 1. The number of carbonyl (C=O) groups excluding carboxylic acids is 1. The smallest absolute Gasteiger partial charge is 0.338 e. The van der Waals surface area contributed by atoms with E-state index in [0.29, 0.717) is 26.2 Å². The molecule has 0 radical (unpaired) electrons. The van der Waals surface area contributed by atoms with Gasteiger partial charge in [-0.05, 0) is 80.4 Å². The number of thiazole rings is 1. The first kappa shape index (κ1) is 28.2. The number of aryl methyl sites for hydroxylation is 1. The van der Waals surface area contributed by atoms with Gasteiger partial charge in [-0.15, -0.1) is 0 Å². The van der Waals surface area contributed by atoms with E-state index in [1.54, 1.807) is 31.2 Å². The molecular formula is C34H27F2N3O3S. The van der Waals surface area contributed by atoms with Crippen LogP contribution in [0.15, 0.2) is 100 Å². The van der Waals surface area contributed by atoms with Crippen LogP contribution in [0.4, 0.5) is 8.78 Å². The van der Waals surface area contributed by atoms with E-state index in [2.05, 4.69) is 0 Å². The second-order valence-corrected chi connectivity index (χ2v) is 11.1. The summed E-state index contributed by atoms with van der Waals surface area (Å²) < 4.78 is 36.9. The number of nitrogens with zero attached hydrogens (tertiary/aromatic N) is 3. The highest BCUT2D eigenvalue weighted by molar-refractivity contribution is 7.07. The molecule has 1 atom stereocenters. The number of benzene rings is 3. The Labute approximate surface area is 250 Å². The van der Waals surface area contributed by atoms with Crippen molar-refractivity contribution in [2.75, 3.05) is 6.61 Å². The summed E-state index contributed by atoms with van der Waals surface area (Å²) in [5.41, 5.74) is 4.93. The highest BCUT2D eigenvalue weighted by atomic mass is 32.1. The molecule has 6 nitrogen and oxygen atoms in total. The van der Waals surface area contributed by atoms with Crippen LogP contribution in [-0.2, 0) is 9.53 Å². The van der Waals surface area contributed by atoms with Crippen molar-refractivity contribution in [2.24, 2.45) is 4.99 Å². The monoisotopic (exact) mass is 595 g/mol. The molecule has 0 bridgehead atoms. The minimum Gasteiger partial charge on any atom is -0.463 e. The maximum absolute atomic E-state index is 14.1. The summed E-state index contributed by atoms with van der Waals surface area (Å²) in [7, 11) is 0. The summed E-state index contributed by atoms with van der Waals surface area (Å²) in [5, 5.41) is 0. The summed E-state index contributed by atoms with van der Waals surface area (Å²) in [4.78, 5) is 32.9. The molecule has 43 heavy (non-hydrogen) atoms. The van der Waals surface area contributed by atoms with Crippen LogP contribution in [0.2, 0.25) is 0 Å². The largest absolute Gasteiger partial charge is 0.463 e. The van der Waals surface area contributed by atoms with Crippen molar-refractivity contribution in [3.8, 4) is 5.69 Å². The standard InChI is InChI=1S/C34H27F2N3O3S/c1-4-42-33(41)29-30(22-8-6-5-7-9-22)37-34-39(31(29)23-10-12-25(35)13-11-23)32(40)28(43-34)19-24-18-20(2)38(21(24)3)27-16-14-26(36)15-17-27/h5-19,31H,4H2,1-3H3/b28-19-/t31-/m0/s1. The minimum absolute atomic E-state index is 0.134. The van der Waals surface area contributed by atoms with Crippen molar-refractivity contribution in [1.29, 1.82) is 0 Å². The fourth-order valence-electron chi connectivity index (χ4n) is 5.46. The average molecular weight is 596 g/mol. The number of halogens is 2. The predicted molar refractivity (Wildman–Crippen MR) is 163 cm³/mol. The van der Waals surface area contributed by atoms with Gasteiger partial charge in [0, 0.05) is 22.6 Å². The van der Waals surface area contributed by atoms with Crippen molar-refractivity contribution >= 4 is 29.1 Å². The van der Waals surface area contributed by atoms with Gasteiger partial charge in [0.15, 0.2) is 4.80 Å². The van der Waals surface area contributed by atoms with Crippen LogP contribution < -0.4 is 14.9 Å². The van der Waals surface area contributed by atoms with Gasteiger partial charge in [-0.1, -0.05) is 53.8 Å². The molecule has 0 N–H and O–H groups in total. The van der Waals surface area contributed by atoms with Gasteiger partial charge < -0.3 is 9.30 Å². The predicted octanol–water partition coefficient (Wildman–Crippen LogP) is 5.62. The van der Waals surface area contributed by atoms with Crippen LogP contribution >= 0.6 is 11.3 Å². The lowest BCUT2D eigenvalue weighted by atomic mass is 9.93. The summed E-state index contributed by atoms with van der Waals surface area (Å²) in [6, 6.07) is 22.3. The highest BCUT2D eigenvalue weighted by Gasteiger charge is 2.35. The van der Waals surface area contributed by atoms with Crippen molar-refractivity contribution in [2.45, 2.75) is 26.8 Å². The molecule has 216 valence electrons. The normalized spacial score (nSPS) is 14.9. The maximum atomic E-state index is 14.1. The summed E-state index contributed by atoms with van der Waals surface area (Å²) in [6.07, 6.45) is 1.81. The van der Waals surface area contributed by atoms with E-state index in [4.69, 9.17) is 9.73 Å². The molecule has 3 aromatic carbocycles. The zero-order valence-electron chi connectivity index (χ0n) is 23.7. The second-order valence-electron chi connectivity index (χ2n) is 10.1. The SMILES string of the molecule is CCOC(=O)C1=C(c2ccccc2)N=c2s/c(=C\c3cc(C)n(-c4ccc(F)cc4)c3C)c(=O)n2[C@H]1c1ccc(F)cc1. The Bertz CT molecular complexity index is 2060. The molecule has 5 aromatic rings. The topological polar surface area (TPSA) is 65.6 Å². The van der Waals surface area contributed by atoms with Gasteiger partial charge in [0.25, 0.3) is 5.56 Å². The quantitative estimate of drug-likeness (QED) is 0.240. The minimum atomic E-state index is -0.889. The summed E-state index contributed by atoms with van der Waals surface area (Å²) >= 11 is 1.21. The first-order chi connectivity index (χ1) is 20.8. The molecule has 2 aromatic heterocycles. The Morgan fingerprint density at radius 2 is 1.63 bits per heavy atom. The van der Waals surface area contributed by atoms with Gasteiger partial charge in [0.2, 0.25) is 0 Å². The number of hydrogen-bond donors (Lipinski definition) is 0. The molecule has 0 saturated carbocycles. The molecule has 0 amide bonds. The lowest BCUT2D eigenvalue weighted by Crippen LogP contribution is -2.40. The van der Waals surface area contributed by atoms with E-state index in [9.17, 15) is 18.4 Å². The number of hydrogen-bond acceptors (Lipinski definition) is 5. The van der Waals surface area contributed by atoms with E-state index in [0.717, 1.165) is 22.6 Å². The first-order valence-electron chi connectivity index (χ1n) is 13.8. The molecular weight excluding hydrogens is 568 g/mol. The molecule has 1 aliphatic rings. The highest BCUT2D eigenvalue weighted by Crippen LogP contribution is 2.35. The number of rotatable bonds is 6. The Balaban J connectivity index is 1.59. The molecule has 1 aliphatic heterocycles. The van der Waals surface area contributed by atoms with Crippen LogP contribution in [0.1, 0.15) is 41.0 Å². The number of esters is 1. The van der Waals surface area contributed by atoms with Gasteiger partial charge in [-0.3, -0.25) is 9.36 Å². The molecule has 6 rings (SSSR count). The van der Waals surface area contributed by atoms with Gasteiger partial charge in [0.05, 0.1) is 28.5 Å². The summed E-state index contributed by atoms with van der Waals surface area (Å²) in [6.45, 7) is 5.73. The number of ether oxygens (including phenoxy) is 1. The number of fused-ring (bicyclic) bond motifs is 1. The number of aromatic nitrogens is 2. The third-order valence-corrected chi connectivity index (χ3v) is 8.38.